The molecule has 5 nitrogen and oxygen atoms in total. The van der Waals surface area contributed by atoms with E-state index in [2.05, 4.69) is 25.3 Å². The van der Waals surface area contributed by atoms with Crippen LogP contribution in [0.2, 0.25) is 0 Å². The van der Waals surface area contributed by atoms with Crippen molar-refractivity contribution in [3.8, 4) is 11.5 Å². The Bertz CT molecular complexity index is 604. The Morgan fingerprint density at radius 2 is 2.00 bits per heavy atom. The highest BCUT2D eigenvalue weighted by Gasteiger charge is 2.41. The molecular weight excluding hydrogens is 306 g/mol. The van der Waals surface area contributed by atoms with E-state index in [0.717, 1.165) is 5.56 Å². The first-order chi connectivity index (χ1) is 8.97. The van der Waals surface area contributed by atoms with Crippen molar-refractivity contribution in [1.29, 1.82) is 0 Å². The standard InChI is InChI=1S/C11H13NO4S3/c13-19(14)5-10(17)12(11(19)18)4-7-1-2-8-9(3-7)16-6-15-8/h1-3,10-11,17-18H,4-6H2. The Labute approximate surface area is 122 Å². The van der Waals surface area contributed by atoms with E-state index in [1.807, 2.05) is 18.2 Å². The van der Waals surface area contributed by atoms with Crippen LogP contribution >= 0.6 is 25.3 Å². The van der Waals surface area contributed by atoms with Crippen molar-refractivity contribution < 1.29 is 17.9 Å². The van der Waals surface area contributed by atoms with Crippen molar-refractivity contribution in [3.05, 3.63) is 23.8 Å². The summed E-state index contributed by atoms with van der Waals surface area (Å²) in [4.78, 5) is 1.74. The van der Waals surface area contributed by atoms with E-state index in [-0.39, 0.29) is 17.9 Å². The van der Waals surface area contributed by atoms with Crippen molar-refractivity contribution >= 4 is 35.1 Å². The zero-order valence-electron chi connectivity index (χ0n) is 9.89. The molecule has 2 unspecified atom stereocenters. The number of benzene rings is 1. The normalized spacial score (nSPS) is 28.7. The topological polar surface area (TPSA) is 55.8 Å². The van der Waals surface area contributed by atoms with Gasteiger partial charge in [0, 0.05) is 6.54 Å². The summed E-state index contributed by atoms with van der Waals surface area (Å²) in [6.07, 6.45) is 0. The molecule has 0 radical (unpaired) electrons. The van der Waals surface area contributed by atoms with Crippen LogP contribution in [0.4, 0.5) is 0 Å². The monoisotopic (exact) mass is 319 g/mol. The summed E-state index contributed by atoms with van der Waals surface area (Å²) in [6, 6.07) is 5.57. The molecule has 1 aromatic rings. The summed E-state index contributed by atoms with van der Waals surface area (Å²) in [6.45, 7) is 0.680. The summed E-state index contributed by atoms with van der Waals surface area (Å²) < 4.78 is 33.2. The van der Waals surface area contributed by atoms with Gasteiger partial charge in [-0.15, -0.1) is 12.6 Å². The van der Waals surface area contributed by atoms with Gasteiger partial charge in [0.1, 0.15) is 0 Å². The smallest absolute Gasteiger partial charge is 0.231 e. The van der Waals surface area contributed by atoms with Crippen molar-refractivity contribution in [2.24, 2.45) is 0 Å². The van der Waals surface area contributed by atoms with Crippen LogP contribution in [0.1, 0.15) is 5.56 Å². The van der Waals surface area contributed by atoms with Gasteiger partial charge in [-0.2, -0.15) is 12.6 Å². The third-order valence-electron chi connectivity index (χ3n) is 3.17. The number of hydrogen-bond acceptors (Lipinski definition) is 7. The second kappa shape index (κ2) is 4.76. The largest absolute Gasteiger partial charge is 0.454 e. The molecule has 2 atom stereocenters. The molecule has 0 aromatic heterocycles. The minimum Gasteiger partial charge on any atom is -0.454 e. The van der Waals surface area contributed by atoms with Crippen LogP contribution in [0, 0.1) is 0 Å². The summed E-state index contributed by atoms with van der Waals surface area (Å²) in [7, 11) is -3.20. The van der Waals surface area contributed by atoms with E-state index < -0.39 is 14.5 Å². The first-order valence-electron chi connectivity index (χ1n) is 5.69. The Kier molecular flexibility index (Phi) is 3.36. The van der Waals surface area contributed by atoms with Gasteiger partial charge in [-0.3, -0.25) is 4.90 Å². The fraction of sp³-hybridized carbons (Fsp3) is 0.455. The first kappa shape index (κ1) is 13.4. The van der Waals surface area contributed by atoms with Gasteiger partial charge in [-0.05, 0) is 17.7 Å². The molecule has 19 heavy (non-hydrogen) atoms. The van der Waals surface area contributed by atoms with Crippen LogP contribution in [-0.4, -0.2) is 35.9 Å². The molecule has 0 bridgehead atoms. The van der Waals surface area contributed by atoms with Crippen molar-refractivity contribution in [1.82, 2.24) is 4.90 Å². The van der Waals surface area contributed by atoms with Gasteiger partial charge in [-0.1, -0.05) is 6.07 Å². The van der Waals surface area contributed by atoms with Crippen LogP contribution in [0.3, 0.4) is 0 Å². The van der Waals surface area contributed by atoms with E-state index in [0.29, 0.717) is 18.0 Å². The maximum Gasteiger partial charge on any atom is 0.231 e. The lowest BCUT2D eigenvalue weighted by atomic mass is 10.2. The molecule has 0 N–H and O–H groups in total. The number of thiol groups is 2. The molecule has 0 spiro atoms. The molecule has 2 aliphatic rings. The Balaban J connectivity index is 1.82. The highest BCUT2D eigenvalue weighted by Crippen LogP contribution is 2.35. The SMILES string of the molecule is O=S1(=O)CC(S)N(Cc2ccc3c(c2)OCO3)C1S. The average molecular weight is 319 g/mol. The molecule has 104 valence electrons. The van der Waals surface area contributed by atoms with Gasteiger partial charge >= 0.3 is 0 Å². The number of nitrogens with zero attached hydrogens (tertiary/aromatic N) is 1. The molecule has 0 amide bonds. The lowest BCUT2D eigenvalue weighted by Gasteiger charge is -2.22. The number of fused-ring (bicyclic) bond motifs is 1. The van der Waals surface area contributed by atoms with Gasteiger partial charge in [0.25, 0.3) is 0 Å². The number of rotatable bonds is 2. The second-order valence-electron chi connectivity index (χ2n) is 4.50. The molecule has 1 saturated heterocycles. The Morgan fingerprint density at radius 1 is 1.26 bits per heavy atom. The van der Waals surface area contributed by atoms with Gasteiger partial charge in [-0.25, -0.2) is 8.42 Å². The zero-order valence-corrected chi connectivity index (χ0v) is 12.5. The van der Waals surface area contributed by atoms with Crippen molar-refractivity contribution in [2.45, 2.75) is 16.6 Å². The van der Waals surface area contributed by atoms with Crippen LogP contribution in [0.5, 0.6) is 11.5 Å². The zero-order chi connectivity index (χ0) is 13.6. The van der Waals surface area contributed by atoms with Crippen LogP contribution in [0.25, 0.3) is 0 Å². The Morgan fingerprint density at radius 3 is 2.68 bits per heavy atom. The van der Waals surface area contributed by atoms with E-state index in [4.69, 9.17) is 9.47 Å². The summed E-state index contributed by atoms with van der Waals surface area (Å²) in [5.74, 6) is 1.42. The van der Waals surface area contributed by atoms with Crippen molar-refractivity contribution in [2.75, 3.05) is 12.5 Å². The fourth-order valence-electron chi connectivity index (χ4n) is 2.18. The third-order valence-corrected chi connectivity index (χ3v) is 6.85. The molecule has 8 heteroatoms. The highest BCUT2D eigenvalue weighted by molar-refractivity contribution is 8.05. The molecule has 2 heterocycles. The minimum absolute atomic E-state index is 0.0226. The quantitative estimate of drug-likeness (QED) is 0.800. The van der Waals surface area contributed by atoms with Crippen molar-refractivity contribution in [3.63, 3.8) is 0 Å². The van der Waals surface area contributed by atoms with Gasteiger partial charge in [0.2, 0.25) is 6.79 Å². The predicted octanol–water partition coefficient (Wildman–Crippen LogP) is 1.11. The van der Waals surface area contributed by atoms with Gasteiger partial charge in [0.05, 0.1) is 11.1 Å². The first-order valence-corrected chi connectivity index (χ1v) is 8.44. The number of sulfone groups is 1. The van der Waals surface area contributed by atoms with E-state index in [9.17, 15) is 8.42 Å². The van der Waals surface area contributed by atoms with Crippen LogP contribution in [0.15, 0.2) is 18.2 Å². The van der Waals surface area contributed by atoms with Crippen LogP contribution in [-0.2, 0) is 16.4 Å². The third kappa shape index (κ3) is 2.42. The summed E-state index contributed by atoms with van der Waals surface area (Å²) in [5, 5.41) is -0.335. The predicted molar refractivity (Wildman–Crippen MR) is 77.4 cm³/mol. The minimum atomic E-state index is -3.20. The molecule has 0 saturated carbocycles. The average Bonchev–Trinajstić information content (AvgIpc) is 2.87. The second-order valence-corrected chi connectivity index (χ2v) is 8.04. The number of hydrogen-bond donors (Lipinski definition) is 2. The molecule has 1 fully saturated rings. The summed E-state index contributed by atoms with van der Waals surface area (Å²) >= 11 is 8.49. The Hall–Kier alpha value is -0.570. The highest BCUT2D eigenvalue weighted by atomic mass is 32.2. The number of ether oxygens (including phenoxy) is 2. The van der Waals surface area contributed by atoms with Crippen LogP contribution < -0.4 is 9.47 Å². The fourth-order valence-corrected chi connectivity index (χ4v) is 5.12. The maximum absolute atomic E-state index is 11.7. The maximum atomic E-state index is 11.7. The molecule has 0 aliphatic carbocycles. The van der Waals surface area contributed by atoms with E-state index in [1.54, 1.807) is 4.90 Å². The molecule has 2 aliphatic heterocycles. The lowest BCUT2D eigenvalue weighted by molar-refractivity contribution is 0.174. The van der Waals surface area contributed by atoms with E-state index in [1.165, 1.54) is 0 Å². The summed E-state index contributed by atoms with van der Waals surface area (Å²) in [5.41, 5.74) is 0.944. The van der Waals surface area contributed by atoms with Gasteiger partial charge < -0.3 is 9.47 Å². The van der Waals surface area contributed by atoms with E-state index >= 15 is 0 Å². The molecule has 1 aromatic carbocycles. The molecule has 3 rings (SSSR count). The molecular formula is C11H13NO4S3. The lowest BCUT2D eigenvalue weighted by Crippen LogP contribution is -2.31. The van der Waals surface area contributed by atoms with Gasteiger partial charge in [0.15, 0.2) is 26.0 Å².